The maximum Gasteiger partial charge on any atom is 0.408 e. The Morgan fingerprint density at radius 3 is 2.33 bits per heavy atom. The molecule has 0 radical (unpaired) electrons. The second kappa shape index (κ2) is 12.9. The molecule has 1 aliphatic rings. The normalized spacial score (nSPS) is 15.3. The number of fused-ring (bicyclic) bond motifs is 1. The highest BCUT2D eigenvalue weighted by Crippen LogP contribution is 2.39. The molecule has 42 heavy (non-hydrogen) atoms. The van der Waals surface area contributed by atoms with Crippen molar-refractivity contribution in [3.63, 3.8) is 0 Å². The average molecular weight is 616 g/mol. The second-order valence-corrected chi connectivity index (χ2v) is 11.5. The van der Waals surface area contributed by atoms with Gasteiger partial charge >= 0.3 is 12.1 Å². The van der Waals surface area contributed by atoms with Gasteiger partial charge in [0.1, 0.15) is 29.7 Å². The SMILES string of the molecule is COC(=O)[C@H](Cc1ccc2c(c1)N(C)C(=O)[C@H](c1ccc(OCc3ccc(Cl)c(Cl)c3)cc1)O2)NC(=O)OC(C)(C)C. The maximum atomic E-state index is 13.3. The van der Waals surface area contributed by atoms with Crippen LogP contribution in [0.3, 0.4) is 0 Å². The number of ether oxygens (including phenoxy) is 4. The molecular formula is C31H32Cl2N2O7. The van der Waals surface area contributed by atoms with Crippen LogP contribution in [-0.2, 0) is 32.1 Å². The number of carbonyl (C=O) groups is 3. The molecule has 9 nitrogen and oxygen atoms in total. The molecule has 3 aromatic rings. The van der Waals surface area contributed by atoms with Crippen LogP contribution >= 0.6 is 23.2 Å². The highest BCUT2D eigenvalue weighted by Gasteiger charge is 2.34. The van der Waals surface area contributed by atoms with E-state index in [1.54, 1.807) is 82.4 Å². The van der Waals surface area contributed by atoms with Crippen molar-refractivity contribution in [2.24, 2.45) is 0 Å². The lowest BCUT2D eigenvalue weighted by atomic mass is 10.0. The van der Waals surface area contributed by atoms with Gasteiger partial charge in [0, 0.05) is 19.0 Å². The van der Waals surface area contributed by atoms with E-state index in [9.17, 15) is 14.4 Å². The minimum Gasteiger partial charge on any atom is -0.489 e. The van der Waals surface area contributed by atoms with Crippen LogP contribution in [0.2, 0.25) is 10.0 Å². The van der Waals surface area contributed by atoms with E-state index >= 15 is 0 Å². The van der Waals surface area contributed by atoms with Crippen LogP contribution in [0.4, 0.5) is 10.5 Å². The number of carbonyl (C=O) groups excluding carboxylic acids is 3. The quantitative estimate of drug-likeness (QED) is 0.298. The molecule has 222 valence electrons. The van der Waals surface area contributed by atoms with Crippen LogP contribution in [0.1, 0.15) is 43.6 Å². The lowest BCUT2D eigenvalue weighted by Crippen LogP contribution is -2.45. The van der Waals surface area contributed by atoms with Gasteiger partial charge in [-0.25, -0.2) is 9.59 Å². The molecule has 3 aromatic carbocycles. The standard InChI is InChI=1S/C31H32Cl2N2O7/c1-31(2,3)42-30(38)34-24(29(37)39-5)15-18-7-13-26-25(16-18)35(4)28(36)27(41-26)20-8-10-21(11-9-20)40-17-19-6-12-22(32)23(33)14-19/h6-14,16,24,27H,15,17H2,1-5H3,(H,34,38)/t24-,27-/m0/s1. The predicted molar refractivity (Wildman–Crippen MR) is 159 cm³/mol. The van der Waals surface area contributed by atoms with Crippen molar-refractivity contribution in [3.8, 4) is 11.5 Å². The summed E-state index contributed by atoms with van der Waals surface area (Å²) in [4.78, 5) is 39.5. The Hall–Kier alpha value is -3.95. The van der Waals surface area contributed by atoms with Crippen LogP contribution in [0.5, 0.6) is 11.5 Å². The molecule has 2 atom stereocenters. The predicted octanol–water partition coefficient (Wildman–Crippen LogP) is 6.28. The van der Waals surface area contributed by atoms with Crippen LogP contribution in [0.15, 0.2) is 60.7 Å². The van der Waals surface area contributed by atoms with Crippen LogP contribution < -0.4 is 19.7 Å². The summed E-state index contributed by atoms with van der Waals surface area (Å²) in [5, 5.41) is 3.49. The molecule has 0 aromatic heterocycles. The largest absolute Gasteiger partial charge is 0.489 e. The molecule has 1 N–H and O–H groups in total. The van der Waals surface area contributed by atoms with Crippen molar-refractivity contribution in [1.29, 1.82) is 0 Å². The number of hydrogen-bond acceptors (Lipinski definition) is 7. The number of benzene rings is 3. The molecule has 0 bridgehead atoms. The highest BCUT2D eigenvalue weighted by atomic mass is 35.5. The number of alkyl carbamates (subject to hydrolysis) is 1. The molecule has 0 aliphatic carbocycles. The summed E-state index contributed by atoms with van der Waals surface area (Å²) >= 11 is 12.0. The molecule has 0 fully saturated rings. The van der Waals surface area contributed by atoms with Crippen LogP contribution in [-0.4, -0.2) is 43.8 Å². The first-order valence-corrected chi connectivity index (χ1v) is 13.9. The Labute approximate surface area is 254 Å². The Morgan fingerprint density at radius 2 is 1.69 bits per heavy atom. The van der Waals surface area contributed by atoms with E-state index in [2.05, 4.69) is 5.32 Å². The fraction of sp³-hybridized carbons (Fsp3) is 0.323. The van der Waals surface area contributed by atoms with Gasteiger partial charge in [-0.1, -0.05) is 47.5 Å². The van der Waals surface area contributed by atoms with Crippen molar-refractivity contribution in [2.45, 2.75) is 51.5 Å². The zero-order valence-corrected chi connectivity index (χ0v) is 25.4. The van der Waals surface area contributed by atoms with Crippen molar-refractivity contribution in [3.05, 3.63) is 87.4 Å². The summed E-state index contributed by atoms with van der Waals surface area (Å²) in [5.74, 6) is 0.233. The third-order valence-corrected chi connectivity index (χ3v) is 7.11. The first kappa shape index (κ1) is 31.0. The Kier molecular flexibility index (Phi) is 9.53. The minimum absolute atomic E-state index is 0.119. The number of methoxy groups -OCH3 is 1. The summed E-state index contributed by atoms with van der Waals surface area (Å²) in [5.41, 5.74) is 2.03. The number of esters is 1. The molecule has 0 spiro atoms. The second-order valence-electron chi connectivity index (χ2n) is 10.7. The smallest absolute Gasteiger partial charge is 0.408 e. The molecule has 1 heterocycles. The van der Waals surface area contributed by atoms with E-state index in [4.69, 9.17) is 42.1 Å². The molecule has 11 heteroatoms. The Balaban J connectivity index is 1.44. The molecule has 2 amide bonds. The van der Waals surface area contributed by atoms with Gasteiger partial charge in [0.2, 0.25) is 6.10 Å². The van der Waals surface area contributed by atoms with Crippen molar-refractivity contribution in [1.82, 2.24) is 5.32 Å². The third kappa shape index (κ3) is 7.66. The lowest BCUT2D eigenvalue weighted by Gasteiger charge is -2.32. The van der Waals surface area contributed by atoms with Gasteiger partial charge in [-0.15, -0.1) is 0 Å². The number of nitrogens with zero attached hydrogens (tertiary/aromatic N) is 1. The Morgan fingerprint density at radius 1 is 1.00 bits per heavy atom. The number of rotatable bonds is 8. The van der Waals surface area contributed by atoms with E-state index in [-0.39, 0.29) is 12.3 Å². The third-order valence-electron chi connectivity index (χ3n) is 6.37. The summed E-state index contributed by atoms with van der Waals surface area (Å²) in [7, 11) is 2.90. The first-order chi connectivity index (χ1) is 19.8. The van der Waals surface area contributed by atoms with Crippen molar-refractivity contribution in [2.75, 3.05) is 19.1 Å². The van der Waals surface area contributed by atoms with Gasteiger partial charge in [0.25, 0.3) is 5.91 Å². The minimum atomic E-state index is -0.987. The van der Waals surface area contributed by atoms with Gasteiger partial charge in [0.05, 0.1) is 22.8 Å². The lowest BCUT2D eigenvalue weighted by molar-refractivity contribution is -0.143. The topological polar surface area (TPSA) is 103 Å². The van der Waals surface area contributed by atoms with Crippen LogP contribution in [0, 0.1) is 0 Å². The average Bonchev–Trinajstić information content (AvgIpc) is 2.94. The number of halogens is 2. The number of likely N-dealkylation sites (N-methyl/N-ethyl adjacent to an activating group) is 1. The van der Waals surface area contributed by atoms with E-state index in [1.807, 2.05) is 6.07 Å². The fourth-order valence-electron chi connectivity index (χ4n) is 4.29. The first-order valence-electron chi connectivity index (χ1n) is 13.2. The molecule has 0 saturated carbocycles. The summed E-state index contributed by atoms with van der Waals surface area (Å²) in [6.07, 6.45) is -1.47. The maximum absolute atomic E-state index is 13.3. The van der Waals surface area contributed by atoms with E-state index in [1.165, 1.54) is 12.0 Å². The van der Waals surface area contributed by atoms with Gasteiger partial charge in [-0.3, -0.25) is 4.79 Å². The van der Waals surface area contributed by atoms with Gasteiger partial charge in [0.15, 0.2) is 0 Å². The summed E-state index contributed by atoms with van der Waals surface area (Å²) in [6.45, 7) is 5.49. The number of amides is 2. The number of hydrogen-bond donors (Lipinski definition) is 1. The van der Waals surface area contributed by atoms with Gasteiger partial charge in [-0.2, -0.15) is 0 Å². The van der Waals surface area contributed by atoms with E-state index in [0.717, 1.165) is 5.56 Å². The fourth-order valence-corrected chi connectivity index (χ4v) is 4.61. The summed E-state index contributed by atoms with van der Waals surface area (Å²) in [6, 6.07) is 16.7. The zero-order valence-electron chi connectivity index (χ0n) is 23.9. The number of nitrogens with one attached hydrogen (secondary N) is 1. The van der Waals surface area contributed by atoms with E-state index in [0.29, 0.717) is 45.0 Å². The molecular weight excluding hydrogens is 583 g/mol. The molecule has 4 rings (SSSR count). The zero-order chi connectivity index (χ0) is 30.6. The van der Waals surface area contributed by atoms with Crippen molar-refractivity contribution >= 4 is 46.9 Å². The van der Waals surface area contributed by atoms with Crippen molar-refractivity contribution < 1.29 is 33.3 Å². The van der Waals surface area contributed by atoms with Gasteiger partial charge in [-0.05, 0) is 68.3 Å². The van der Waals surface area contributed by atoms with E-state index < -0.39 is 29.8 Å². The molecule has 0 unspecified atom stereocenters. The number of anilines is 1. The monoisotopic (exact) mass is 614 g/mol. The summed E-state index contributed by atoms with van der Waals surface area (Å²) < 4.78 is 22.1. The van der Waals surface area contributed by atoms with Crippen LogP contribution in [0.25, 0.3) is 0 Å². The van der Waals surface area contributed by atoms with Gasteiger partial charge < -0.3 is 29.2 Å². The molecule has 1 aliphatic heterocycles. The molecule has 0 saturated heterocycles. The Bertz CT molecular complexity index is 1470. The highest BCUT2D eigenvalue weighted by molar-refractivity contribution is 6.42.